The molecule has 0 rings (SSSR count). The summed E-state index contributed by atoms with van der Waals surface area (Å²) in [5.74, 6) is 0. The Labute approximate surface area is 93.0 Å². The summed E-state index contributed by atoms with van der Waals surface area (Å²) in [6.45, 7) is 0. The van der Waals surface area contributed by atoms with Crippen LogP contribution >= 0.6 is 0 Å². The summed E-state index contributed by atoms with van der Waals surface area (Å²) in [5.41, 5.74) is 0. The van der Waals surface area contributed by atoms with Crippen molar-refractivity contribution in [1.82, 2.24) is 0 Å². The average Bonchev–Trinajstić information content (AvgIpc) is 0. The molecule has 0 spiro atoms. The first-order chi connectivity index (χ1) is 0. The van der Waals surface area contributed by atoms with Gasteiger partial charge in [-0.2, -0.15) is 0 Å². The molecule has 0 radical (unpaired) electrons. The third kappa shape index (κ3) is 8.83. The predicted molar refractivity (Wildman–Crippen MR) is 24.6 cm³/mol. The molecule has 0 aromatic heterocycles. The number of hydrogen-bond donors (Lipinski definition) is 0. The van der Waals surface area contributed by atoms with Gasteiger partial charge in [0, 0.05) is 21.7 Å². The van der Waals surface area contributed by atoms with Crippen LogP contribution in [-0.2, 0) is 21.7 Å². The molecule has 22 valence electrons. The molecule has 0 unspecified atom stereocenters. The van der Waals surface area contributed by atoms with Gasteiger partial charge >= 0.3 is 45.5 Å². The second kappa shape index (κ2) is 17.2. The van der Waals surface area contributed by atoms with Crippen molar-refractivity contribution in [1.29, 1.82) is 0 Å². The van der Waals surface area contributed by atoms with Gasteiger partial charge in [-0.05, 0) is 0 Å². The van der Waals surface area contributed by atoms with Gasteiger partial charge < -0.3 is 2.85 Å². The van der Waals surface area contributed by atoms with E-state index in [0.717, 1.165) is 0 Å². The maximum Gasteiger partial charge on any atom is 2.00 e. The smallest absolute Gasteiger partial charge is 1.00 e. The van der Waals surface area contributed by atoms with Crippen molar-refractivity contribution in [2.45, 2.75) is 7.43 Å². The molecule has 0 saturated heterocycles. The van der Waals surface area contributed by atoms with E-state index in [4.69, 9.17) is 0 Å². The van der Waals surface area contributed by atoms with Gasteiger partial charge in [0.1, 0.15) is 0 Å². The van der Waals surface area contributed by atoms with E-state index < -0.39 is 0 Å². The Morgan fingerprint density at radius 3 is 1.25 bits per heavy atom. The Kier molecular flexibility index (Phi) is 128. The van der Waals surface area contributed by atoms with Gasteiger partial charge in [-0.1, -0.05) is 7.43 Å². The summed E-state index contributed by atoms with van der Waals surface area (Å²) in [6.07, 6.45) is 0. The van der Waals surface area contributed by atoms with E-state index in [1.807, 2.05) is 0 Å². The van der Waals surface area contributed by atoms with Crippen LogP contribution in [-0.4, -0.2) is 62.8 Å². The largest absolute Gasteiger partial charge is 2.00 e. The summed E-state index contributed by atoms with van der Waals surface area (Å²) in [4.78, 5) is 0. The minimum Gasteiger partial charge on any atom is -1.00 e. The van der Waals surface area contributed by atoms with Gasteiger partial charge in [0.15, 0.2) is 17.4 Å². The standard InChI is InChI=1S/CH4.Al.Sr.Ti.5H/h1H4;;;;;;;;/q;;+2;;;;;2*-1. The van der Waals surface area contributed by atoms with Crippen molar-refractivity contribution < 1.29 is 24.6 Å². The number of hydrogen-bond acceptors (Lipinski definition) is 0. The Hall–Kier alpha value is 2.73. The van der Waals surface area contributed by atoms with Crippen LogP contribution < -0.4 is 0 Å². The molecular weight excluding hydrogens is 174 g/mol. The normalized spacial score (nSPS) is 0. The van der Waals surface area contributed by atoms with Crippen molar-refractivity contribution >= 4 is 62.8 Å². The zero-order valence-corrected chi connectivity index (χ0v) is 6.24. The van der Waals surface area contributed by atoms with Crippen molar-refractivity contribution in [2.75, 3.05) is 0 Å². The molecule has 0 aliphatic carbocycles. The third-order valence-corrected chi connectivity index (χ3v) is 0. The fourth-order valence-corrected chi connectivity index (χ4v) is 0. The summed E-state index contributed by atoms with van der Waals surface area (Å²) in [5, 5.41) is 0. The van der Waals surface area contributed by atoms with Crippen molar-refractivity contribution in [3.63, 3.8) is 0 Å². The van der Waals surface area contributed by atoms with Crippen LogP contribution in [0, 0.1) is 0 Å². The van der Waals surface area contributed by atoms with Crippen molar-refractivity contribution in [3.8, 4) is 0 Å². The van der Waals surface area contributed by atoms with Crippen LogP contribution in [0.2, 0.25) is 0 Å². The summed E-state index contributed by atoms with van der Waals surface area (Å²) in [6, 6.07) is 0. The van der Waals surface area contributed by atoms with Gasteiger partial charge in [-0.3, -0.25) is 0 Å². The van der Waals surface area contributed by atoms with E-state index >= 15 is 0 Å². The van der Waals surface area contributed by atoms with E-state index in [1.165, 1.54) is 0 Å². The first-order valence-electron chi connectivity index (χ1n) is 0. The fraction of sp³-hybridized carbons (Fsp3) is 1.00. The summed E-state index contributed by atoms with van der Waals surface area (Å²) >= 11 is 0. The maximum atomic E-state index is 0. The maximum absolute atomic E-state index is 0. The van der Waals surface area contributed by atoms with Gasteiger partial charge in [-0.25, -0.2) is 0 Å². The monoisotopic (exact) mass is 184 g/mol. The van der Waals surface area contributed by atoms with Crippen LogP contribution in [0.15, 0.2) is 0 Å². The topological polar surface area (TPSA) is 0 Å². The summed E-state index contributed by atoms with van der Waals surface area (Å²) < 4.78 is 0. The minimum absolute atomic E-state index is 0. The van der Waals surface area contributed by atoms with E-state index in [1.54, 1.807) is 0 Å². The molecule has 0 amide bonds. The van der Waals surface area contributed by atoms with Crippen molar-refractivity contribution in [3.05, 3.63) is 0 Å². The Balaban J connectivity index is 0. The molecule has 0 atom stereocenters. The quantitative estimate of drug-likeness (QED) is 0.436. The molecular formula is CH9AlSrTi. The Bertz CT molecular complexity index is 13.5. The van der Waals surface area contributed by atoms with Gasteiger partial charge in [0.25, 0.3) is 0 Å². The zero-order chi connectivity index (χ0) is 0. The molecule has 0 nitrogen and oxygen atoms in total. The Morgan fingerprint density at radius 1 is 1.25 bits per heavy atom. The first kappa shape index (κ1) is 29.7. The van der Waals surface area contributed by atoms with Gasteiger partial charge in [0.2, 0.25) is 0 Å². The molecule has 0 fully saturated rings. The molecule has 3 heteroatoms. The van der Waals surface area contributed by atoms with E-state index in [-0.39, 0.29) is 94.8 Å². The third-order valence-electron chi connectivity index (χ3n) is 0. The van der Waals surface area contributed by atoms with Crippen LogP contribution in [0.5, 0.6) is 0 Å². The van der Waals surface area contributed by atoms with Crippen LogP contribution in [0.4, 0.5) is 0 Å². The molecule has 0 bridgehead atoms. The van der Waals surface area contributed by atoms with Gasteiger partial charge in [-0.15, -0.1) is 0 Å². The molecule has 0 aromatic carbocycles. The average molecular weight is 184 g/mol. The Morgan fingerprint density at radius 2 is 1.25 bits per heavy atom. The first-order valence-corrected chi connectivity index (χ1v) is 0. The van der Waals surface area contributed by atoms with Crippen LogP contribution in [0.25, 0.3) is 0 Å². The summed E-state index contributed by atoms with van der Waals surface area (Å²) in [7, 11) is 0. The molecule has 0 saturated carbocycles. The second-order valence-electron chi connectivity index (χ2n) is 0. The molecule has 0 aromatic rings. The van der Waals surface area contributed by atoms with Crippen molar-refractivity contribution in [2.24, 2.45) is 0 Å². The van der Waals surface area contributed by atoms with E-state index in [9.17, 15) is 0 Å². The zero-order valence-electron chi connectivity index (χ0n) is 3.21. The minimum atomic E-state index is 0. The number of rotatable bonds is 0. The van der Waals surface area contributed by atoms with E-state index in [0.29, 0.717) is 0 Å². The molecule has 0 aliphatic rings. The van der Waals surface area contributed by atoms with Gasteiger partial charge in [0.05, 0.1) is 0 Å². The predicted octanol–water partition coefficient (Wildman–Crippen LogP) is -0.706. The molecule has 0 heterocycles. The molecule has 0 N–H and O–H groups in total. The fourth-order valence-electron chi connectivity index (χ4n) is 0. The van der Waals surface area contributed by atoms with Crippen LogP contribution in [0.1, 0.15) is 10.3 Å². The van der Waals surface area contributed by atoms with Crippen LogP contribution in [0.3, 0.4) is 0 Å². The second-order valence-corrected chi connectivity index (χ2v) is 0. The molecule has 4 heavy (non-hydrogen) atoms. The SMILES string of the molecule is C.[AlH3].[H-].[H-].[Sr+2].[Ti]. The van der Waals surface area contributed by atoms with E-state index in [2.05, 4.69) is 0 Å². The molecule has 0 aliphatic heterocycles.